The number of urea groups is 1. The Hall–Kier alpha value is -3.57. The number of carbonyl (C=O) groups excluding carboxylic acids is 2. The molecular formula is C20H27N7O5. The Morgan fingerprint density at radius 1 is 1.19 bits per heavy atom. The number of nitro groups is 1. The number of unbranched alkanes of at least 4 members (excludes halogenated alkanes) is 4. The van der Waals surface area contributed by atoms with Gasteiger partial charge in [-0.05, 0) is 31.7 Å². The highest BCUT2D eigenvalue weighted by Crippen LogP contribution is 2.16. The van der Waals surface area contributed by atoms with E-state index in [1.165, 1.54) is 23.2 Å². The van der Waals surface area contributed by atoms with Gasteiger partial charge in [-0.2, -0.15) is 5.10 Å². The lowest BCUT2D eigenvalue weighted by molar-refractivity contribution is -0.402. The molecule has 1 aliphatic rings. The SMILES string of the molecule is CCCCc1cn(CCCCCCN2C(=O)CN(/N=C/c3ccc([N+](=O)[O-])o3)C2=O)nn1. The van der Waals surface area contributed by atoms with Gasteiger partial charge in [0.2, 0.25) is 0 Å². The van der Waals surface area contributed by atoms with Crippen LogP contribution in [0, 0.1) is 10.1 Å². The van der Waals surface area contributed by atoms with Crippen molar-refractivity contribution in [2.75, 3.05) is 13.1 Å². The summed E-state index contributed by atoms with van der Waals surface area (Å²) in [6, 6.07) is 2.06. The maximum Gasteiger partial charge on any atom is 0.433 e. The number of hydrogen-bond donors (Lipinski definition) is 0. The zero-order valence-electron chi connectivity index (χ0n) is 18.1. The molecule has 1 fully saturated rings. The van der Waals surface area contributed by atoms with E-state index in [1.54, 1.807) is 0 Å². The molecule has 0 N–H and O–H groups in total. The van der Waals surface area contributed by atoms with E-state index in [1.807, 2.05) is 10.9 Å². The normalized spacial score (nSPS) is 14.3. The maximum atomic E-state index is 12.4. The summed E-state index contributed by atoms with van der Waals surface area (Å²) < 4.78 is 6.81. The first-order valence-corrected chi connectivity index (χ1v) is 10.8. The van der Waals surface area contributed by atoms with Crippen LogP contribution in [0.25, 0.3) is 0 Å². The van der Waals surface area contributed by atoms with Crippen LogP contribution in [0.15, 0.2) is 27.8 Å². The fraction of sp³-hybridized carbons (Fsp3) is 0.550. The van der Waals surface area contributed by atoms with Gasteiger partial charge in [-0.15, -0.1) is 5.10 Å². The van der Waals surface area contributed by atoms with Crippen LogP contribution < -0.4 is 0 Å². The Morgan fingerprint density at radius 3 is 2.69 bits per heavy atom. The third kappa shape index (κ3) is 6.22. The predicted octanol–water partition coefficient (Wildman–Crippen LogP) is 2.98. The van der Waals surface area contributed by atoms with E-state index < -0.39 is 16.8 Å². The topological polar surface area (TPSA) is 140 Å². The van der Waals surface area contributed by atoms with Crippen LogP contribution in [0.2, 0.25) is 0 Å². The van der Waals surface area contributed by atoms with Crippen molar-refractivity contribution in [1.29, 1.82) is 0 Å². The molecule has 0 aliphatic carbocycles. The number of imide groups is 1. The van der Waals surface area contributed by atoms with E-state index in [0.29, 0.717) is 13.0 Å². The zero-order valence-corrected chi connectivity index (χ0v) is 18.1. The Kier molecular flexibility index (Phi) is 8.06. The summed E-state index contributed by atoms with van der Waals surface area (Å²) in [6.07, 6.45) is 9.87. The van der Waals surface area contributed by atoms with Gasteiger partial charge >= 0.3 is 11.9 Å². The van der Waals surface area contributed by atoms with Gasteiger partial charge in [0, 0.05) is 19.3 Å². The average molecular weight is 445 g/mol. The lowest BCUT2D eigenvalue weighted by atomic mass is 10.2. The van der Waals surface area contributed by atoms with E-state index >= 15 is 0 Å². The molecule has 172 valence electrons. The lowest BCUT2D eigenvalue weighted by Crippen LogP contribution is -2.32. The molecule has 3 rings (SSSR count). The first-order valence-electron chi connectivity index (χ1n) is 10.8. The fourth-order valence-corrected chi connectivity index (χ4v) is 3.29. The van der Waals surface area contributed by atoms with E-state index in [-0.39, 0.29) is 18.2 Å². The molecule has 12 heteroatoms. The number of hydrazone groups is 1. The smallest absolute Gasteiger partial charge is 0.400 e. The van der Waals surface area contributed by atoms with Crippen molar-refractivity contribution in [3.8, 4) is 0 Å². The van der Waals surface area contributed by atoms with Crippen LogP contribution in [0.5, 0.6) is 0 Å². The monoisotopic (exact) mass is 445 g/mol. The van der Waals surface area contributed by atoms with Crippen LogP contribution in [0.4, 0.5) is 10.7 Å². The van der Waals surface area contributed by atoms with Crippen molar-refractivity contribution in [2.24, 2.45) is 5.10 Å². The Bertz CT molecular complexity index is 967. The summed E-state index contributed by atoms with van der Waals surface area (Å²) in [5.41, 5.74) is 1.02. The molecule has 3 amide bonds. The number of amides is 3. The first-order chi connectivity index (χ1) is 15.5. The molecule has 0 saturated carbocycles. The predicted molar refractivity (Wildman–Crippen MR) is 114 cm³/mol. The molecule has 0 unspecified atom stereocenters. The molecule has 0 radical (unpaired) electrons. The van der Waals surface area contributed by atoms with Crippen LogP contribution >= 0.6 is 0 Å². The molecule has 3 heterocycles. The minimum Gasteiger partial charge on any atom is -0.400 e. The molecule has 0 spiro atoms. The van der Waals surface area contributed by atoms with Crippen molar-refractivity contribution < 1.29 is 18.9 Å². The molecule has 12 nitrogen and oxygen atoms in total. The van der Waals surface area contributed by atoms with Crippen molar-refractivity contribution in [3.05, 3.63) is 39.9 Å². The maximum absolute atomic E-state index is 12.4. The molecular weight excluding hydrogens is 418 g/mol. The molecule has 0 bridgehead atoms. The summed E-state index contributed by atoms with van der Waals surface area (Å²) in [4.78, 5) is 35.7. The van der Waals surface area contributed by atoms with Gasteiger partial charge in [0.05, 0.1) is 18.0 Å². The number of aromatic nitrogens is 3. The van der Waals surface area contributed by atoms with E-state index in [4.69, 9.17) is 4.42 Å². The van der Waals surface area contributed by atoms with Gasteiger partial charge in [-0.25, -0.2) is 9.80 Å². The van der Waals surface area contributed by atoms with Crippen LogP contribution in [-0.4, -0.2) is 61.1 Å². The van der Waals surface area contributed by atoms with Crippen molar-refractivity contribution in [2.45, 2.75) is 58.4 Å². The molecule has 0 aromatic carbocycles. The second-order valence-corrected chi connectivity index (χ2v) is 7.55. The van der Waals surface area contributed by atoms with Crippen LogP contribution in [-0.2, 0) is 17.8 Å². The minimum atomic E-state index is -0.666. The van der Waals surface area contributed by atoms with Crippen LogP contribution in [0.3, 0.4) is 0 Å². The fourth-order valence-electron chi connectivity index (χ4n) is 3.29. The molecule has 1 aliphatic heterocycles. The van der Waals surface area contributed by atoms with E-state index in [0.717, 1.165) is 55.8 Å². The Balaban J connectivity index is 1.35. The molecule has 32 heavy (non-hydrogen) atoms. The summed E-state index contributed by atoms with van der Waals surface area (Å²) in [7, 11) is 0. The largest absolute Gasteiger partial charge is 0.433 e. The Morgan fingerprint density at radius 2 is 1.97 bits per heavy atom. The summed E-state index contributed by atoms with van der Waals surface area (Å²) in [5.74, 6) is -0.613. The van der Waals surface area contributed by atoms with Gasteiger partial charge < -0.3 is 4.42 Å². The first kappa shape index (κ1) is 23.1. The van der Waals surface area contributed by atoms with Gasteiger partial charge in [0.15, 0.2) is 5.76 Å². The van der Waals surface area contributed by atoms with E-state index in [2.05, 4.69) is 22.3 Å². The second-order valence-electron chi connectivity index (χ2n) is 7.55. The third-order valence-electron chi connectivity index (χ3n) is 5.05. The average Bonchev–Trinajstić information content (AvgIpc) is 3.48. The number of nitrogens with zero attached hydrogens (tertiary/aromatic N) is 7. The third-order valence-corrected chi connectivity index (χ3v) is 5.05. The molecule has 0 atom stereocenters. The van der Waals surface area contributed by atoms with Crippen molar-refractivity contribution >= 4 is 24.0 Å². The Labute approximate surface area is 185 Å². The van der Waals surface area contributed by atoms with Crippen LogP contribution in [0.1, 0.15) is 56.9 Å². The number of rotatable bonds is 13. The van der Waals surface area contributed by atoms with Gasteiger partial charge in [0.25, 0.3) is 5.91 Å². The van der Waals surface area contributed by atoms with Crippen molar-refractivity contribution in [3.63, 3.8) is 0 Å². The van der Waals surface area contributed by atoms with Crippen molar-refractivity contribution in [1.82, 2.24) is 24.9 Å². The zero-order chi connectivity index (χ0) is 22.9. The number of hydrogen-bond acceptors (Lipinski definition) is 8. The number of carbonyl (C=O) groups is 2. The highest BCUT2D eigenvalue weighted by atomic mass is 16.6. The molecule has 2 aromatic heterocycles. The standard InChI is InChI=1S/C20H27N7O5/c1-2-3-8-16-14-24(23-22-16)11-6-4-5-7-12-25-18(28)15-26(20(25)29)21-13-17-9-10-19(32-17)27(30)31/h9-10,13-14H,2-8,11-12,15H2,1H3/b21-13+. The van der Waals surface area contributed by atoms with Gasteiger partial charge in [-0.3, -0.25) is 24.5 Å². The summed E-state index contributed by atoms with van der Waals surface area (Å²) >= 11 is 0. The molecule has 2 aromatic rings. The summed E-state index contributed by atoms with van der Waals surface area (Å²) in [5, 5.41) is 23.9. The lowest BCUT2D eigenvalue weighted by Gasteiger charge is -2.13. The van der Waals surface area contributed by atoms with Gasteiger partial charge in [-0.1, -0.05) is 31.4 Å². The second kappa shape index (κ2) is 11.2. The number of furan rings is 1. The number of aryl methyl sites for hydroxylation is 2. The minimum absolute atomic E-state index is 0.125. The highest BCUT2D eigenvalue weighted by Gasteiger charge is 2.35. The van der Waals surface area contributed by atoms with Gasteiger partial charge in [0.1, 0.15) is 11.5 Å². The summed E-state index contributed by atoms with van der Waals surface area (Å²) in [6.45, 7) is 3.12. The highest BCUT2D eigenvalue weighted by molar-refractivity contribution is 6.02. The molecule has 1 saturated heterocycles. The van der Waals surface area contributed by atoms with E-state index in [9.17, 15) is 19.7 Å². The quantitative estimate of drug-likeness (QED) is 0.152.